The number of hydrogen-bond acceptors (Lipinski definition) is 4. The van der Waals surface area contributed by atoms with Crippen LogP contribution in [0.1, 0.15) is 31.4 Å². The lowest BCUT2D eigenvalue weighted by Crippen LogP contribution is -2.26. The molecular weight excluding hydrogens is 210 g/mol. The normalized spacial score (nSPS) is 17.5. The van der Waals surface area contributed by atoms with Gasteiger partial charge >= 0.3 is 0 Å². The molecule has 0 aliphatic heterocycles. The van der Waals surface area contributed by atoms with E-state index in [9.17, 15) is 4.79 Å². The highest BCUT2D eigenvalue weighted by atomic mass is 32.1. The van der Waals surface area contributed by atoms with Crippen LogP contribution in [0.2, 0.25) is 0 Å². The molecule has 3 N–H and O–H groups in total. The summed E-state index contributed by atoms with van der Waals surface area (Å²) >= 11 is 1.49. The van der Waals surface area contributed by atoms with E-state index in [0.29, 0.717) is 17.6 Å². The van der Waals surface area contributed by atoms with E-state index in [1.807, 2.05) is 12.3 Å². The second-order valence-corrected chi connectivity index (χ2v) is 4.84. The minimum absolute atomic E-state index is 0.0470. The zero-order valence-electron chi connectivity index (χ0n) is 8.69. The fraction of sp³-hybridized carbons (Fsp3) is 0.600. The lowest BCUT2D eigenvalue weighted by molar-refractivity contribution is -0.119. The smallest absolute Gasteiger partial charge is 0.230 e. The van der Waals surface area contributed by atoms with E-state index in [4.69, 9.17) is 5.73 Å². The lowest BCUT2D eigenvalue weighted by Gasteiger charge is -2.06. The first-order chi connectivity index (χ1) is 7.20. The van der Waals surface area contributed by atoms with Crippen molar-refractivity contribution < 1.29 is 4.79 Å². The average molecular weight is 225 g/mol. The van der Waals surface area contributed by atoms with Crippen LogP contribution in [0.4, 0.5) is 5.13 Å². The maximum absolute atomic E-state index is 11.5. The van der Waals surface area contributed by atoms with Crippen LogP contribution in [0.5, 0.6) is 0 Å². The van der Waals surface area contributed by atoms with Crippen molar-refractivity contribution in [3.8, 4) is 0 Å². The first-order valence-corrected chi connectivity index (χ1v) is 6.05. The van der Waals surface area contributed by atoms with Crippen molar-refractivity contribution in [3.05, 3.63) is 11.1 Å². The molecule has 1 heterocycles. The number of aromatic nitrogens is 1. The van der Waals surface area contributed by atoms with Crippen LogP contribution in [-0.4, -0.2) is 17.4 Å². The van der Waals surface area contributed by atoms with Gasteiger partial charge in [0.15, 0.2) is 5.13 Å². The molecule has 0 aromatic carbocycles. The molecule has 1 aromatic heterocycles. The summed E-state index contributed by atoms with van der Waals surface area (Å²) in [4.78, 5) is 15.9. The number of thiazole rings is 1. The maximum atomic E-state index is 11.5. The number of anilines is 1. The molecule has 5 heteroatoms. The number of carbonyl (C=O) groups is 1. The number of nitrogens with two attached hydrogens (primary N) is 1. The number of carbonyl (C=O) groups excluding carboxylic acids is 1. The minimum Gasteiger partial charge on any atom is -0.330 e. The van der Waals surface area contributed by atoms with Gasteiger partial charge < -0.3 is 11.1 Å². The standard InChI is InChI=1S/C10H15N3OS/c1-6(4-11)9(14)13-10-12-8(5-15-10)7-2-3-7/h5-7H,2-4,11H2,1H3,(H,12,13,14). The van der Waals surface area contributed by atoms with Gasteiger partial charge in [0, 0.05) is 23.8 Å². The third kappa shape index (κ3) is 2.54. The summed E-state index contributed by atoms with van der Waals surface area (Å²) in [6.07, 6.45) is 2.46. The minimum atomic E-state index is -0.154. The second-order valence-electron chi connectivity index (χ2n) is 3.98. The van der Waals surface area contributed by atoms with Crippen molar-refractivity contribution in [2.75, 3.05) is 11.9 Å². The maximum Gasteiger partial charge on any atom is 0.230 e. The molecule has 1 aliphatic rings. The number of nitrogens with one attached hydrogen (secondary N) is 1. The Labute approximate surface area is 92.9 Å². The van der Waals surface area contributed by atoms with E-state index in [2.05, 4.69) is 10.3 Å². The molecule has 15 heavy (non-hydrogen) atoms. The van der Waals surface area contributed by atoms with Crippen LogP contribution in [0.25, 0.3) is 0 Å². The van der Waals surface area contributed by atoms with Crippen LogP contribution in [0, 0.1) is 5.92 Å². The molecule has 1 aliphatic carbocycles. The van der Waals surface area contributed by atoms with Crippen molar-refractivity contribution in [2.45, 2.75) is 25.7 Å². The van der Waals surface area contributed by atoms with Gasteiger partial charge in [0.05, 0.1) is 5.69 Å². The van der Waals surface area contributed by atoms with Gasteiger partial charge in [-0.3, -0.25) is 4.79 Å². The van der Waals surface area contributed by atoms with Crippen molar-refractivity contribution in [3.63, 3.8) is 0 Å². The molecule has 0 bridgehead atoms. The van der Waals surface area contributed by atoms with E-state index >= 15 is 0 Å². The van der Waals surface area contributed by atoms with E-state index in [-0.39, 0.29) is 11.8 Å². The van der Waals surface area contributed by atoms with Crippen LogP contribution < -0.4 is 11.1 Å². The van der Waals surface area contributed by atoms with Crippen LogP contribution in [-0.2, 0) is 4.79 Å². The van der Waals surface area contributed by atoms with Gasteiger partial charge in [0.25, 0.3) is 0 Å². The number of nitrogens with zero attached hydrogens (tertiary/aromatic N) is 1. The Kier molecular flexibility index (Phi) is 3.02. The number of amides is 1. The van der Waals surface area contributed by atoms with Crippen LogP contribution >= 0.6 is 11.3 Å². The zero-order valence-corrected chi connectivity index (χ0v) is 9.51. The molecule has 2 rings (SSSR count). The van der Waals surface area contributed by atoms with Gasteiger partial charge in [-0.05, 0) is 12.8 Å². The molecule has 1 atom stereocenters. The van der Waals surface area contributed by atoms with Gasteiger partial charge in [-0.15, -0.1) is 11.3 Å². The Morgan fingerprint density at radius 2 is 2.53 bits per heavy atom. The summed E-state index contributed by atoms with van der Waals surface area (Å²) in [6.45, 7) is 2.18. The molecule has 1 aromatic rings. The summed E-state index contributed by atoms with van der Waals surface area (Å²) in [6, 6.07) is 0. The molecule has 1 amide bonds. The Hall–Kier alpha value is -0.940. The van der Waals surface area contributed by atoms with Gasteiger partial charge in [-0.1, -0.05) is 6.92 Å². The summed E-state index contributed by atoms with van der Waals surface area (Å²) in [7, 11) is 0. The zero-order chi connectivity index (χ0) is 10.8. The lowest BCUT2D eigenvalue weighted by atomic mass is 10.2. The Balaban J connectivity index is 1.95. The average Bonchev–Trinajstić information content (AvgIpc) is 2.99. The fourth-order valence-corrected chi connectivity index (χ4v) is 2.04. The third-order valence-corrected chi connectivity index (χ3v) is 3.32. The van der Waals surface area contributed by atoms with Crippen LogP contribution in [0.3, 0.4) is 0 Å². The predicted octanol–water partition coefficient (Wildman–Crippen LogP) is 1.55. The van der Waals surface area contributed by atoms with E-state index in [1.165, 1.54) is 24.2 Å². The SMILES string of the molecule is CC(CN)C(=O)Nc1nc(C2CC2)cs1. The Bertz CT molecular complexity index is 359. The van der Waals surface area contributed by atoms with Gasteiger partial charge in [-0.25, -0.2) is 4.98 Å². The Morgan fingerprint density at radius 1 is 1.80 bits per heavy atom. The third-order valence-electron chi connectivity index (χ3n) is 2.55. The van der Waals surface area contributed by atoms with E-state index in [0.717, 1.165) is 5.69 Å². The largest absolute Gasteiger partial charge is 0.330 e. The fourth-order valence-electron chi connectivity index (χ4n) is 1.25. The molecule has 4 nitrogen and oxygen atoms in total. The predicted molar refractivity (Wildman–Crippen MR) is 60.9 cm³/mol. The highest BCUT2D eigenvalue weighted by Crippen LogP contribution is 2.40. The van der Waals surface area contributed by atoms with Crippen molar-refractivity contribution in [1.29, 1.82) is 0 Å². The highest BCUT2D eigenvalue weighted by Gasteiger charge is 2.26. The summed E-state index contributed by atoms with van der Waals surface area (Å²) in [5, 5.41) is 5.51. The first kappa shape index (κ1) is 10.6. The monoisotopic (exact) mass is 225 g/mol. The molecule has 0 spiro atoms. The van der Waals surface area contributed by atoms with Crippen molar-refractivity contribution in [1.82, 2.24) is 4.98 Å². The van der Waals surface area contributed by atoms with Crippen LogP contribution in [0.15, 0.2) is 5.38 Å². The molecule has 0 saturated heterocycles. The first-order valence-electron chi connectivity index (χ1n) is 5.17. The van der Waals surface area contributed by atoms with Gasteiger partial charge in [-0.2, -0.15) is 0 Å². The van der Waals surface area contributed by atoms with Gasteiger partial charge in [0.2, 0.25) is 5.91 Å². The van der Waals surface area contributed by atoms with Crippen molar-refractivity contribution >= 4 is 22.4 Å². The number of hydrogen-bond donors (Lipinski definition) is 2. The molecule has 1 saturated carbocycles. The second kappa shape index (κ2) is 4.28. The Morgan fingerprint density at radius 3 is 3.13 bits per heavy atom. The highest BCUT2D eigenvalue weighted by molar-refractivity contribution is 7.13. The molecule has 82 valence electrons. The van der Waals surface area contributed by atoms with Gasteiger partial charge in [0.1, 0.15) is 0 Å². The van der Waals surface area contributed by atoms with E-state index in [1.54, 1.807) is 0 Å². The van der Waals surface area contributed by atoms with E-state index < -0.39 is 0 Å². The topological polar surface area (TPSA) is 68.0 Å². The van der Waals surface area contributed by atoms with Crippen molar-refractivity contribution in [2.24, 2.45) is 11.7 Å². The molecular formula is C10H15N3OS. The molecule has 0 radical (unpaired) electrons. The molecule has 1 fully saturated rings. The summed E-state index contributed by atoms with van der Waals surface area (Å²) < 4.78 is 0. The summed E-state index contributed by atoms with van der Waals surface area (Å²) in [5.41, 5.74) is 6.53. The molecule has 1 unspecified atom stereocenters. The number of rotatable bonds is 4. The quantitative estimate of drug-likeness (QED) is 0.817. The summed E-state index contributed by atoms with van der Waals surface area (Å²) in [5.74, 6) is 0.436.